The van der Waals surface area contributed by atoms with Crippen LogP contribution in [0.2, 0.25) is 0 Å². The molecule has 1 aromatic heterocycles. The maximum absolute atomic E-state index is 5.99. The summed E-state index contributed by atoms with van der Waals surface area (Å²) in [6.07, 6.45) is 4.55. The van der Waals surface area contributed by atoms with Gasteiger partial charge in [-0.3, -0.25) is 0 Å². The van der Waals surface area contributed by atoms with E-state index in [9.17, 15) is 0 Å². The van der Waals surface area contributed by atoms with Crippen molar-refractivity contribution in [2.75, 3.05) is 6.61 Å². The summed E-state index contributed by atoms with van der Waals surface area (Å²) in [6.45, 7) is 5.69. The Morgan fingerprint density at radius 2 is 2.19 bits per heavy atom. The summed E-state index contributed by atoms with van der Waals surface area (Å²) >= 11 is 3.57. The number of benzene rings is 1. The molecule has 0 aliphatic rings. The van der Waals surface area contributed by atoms with E-state index in [2.05, 4.69) is 46.1 Å². The van der Waals surface area contributed by atoms with Crippen molar-refractivity contribution in [3.63, 3.8) is 0 Å². The Kier molecular flexibility index (Phi) is 5.82. The molecule has 0 spiro atoms. The Labute approximate surface area is 134 Å². The molecule has 1 heterocycles. The van der Waals surface area contributed by atoms with Gasteiger partial charge in [-0.1, -0.05) is 26.0 Å². The molecule has 2 rings (SSSR count). The predicted octanol–water partition coefficient (Wildman–Crippen LogP) is 3.30. The van der Waals surface area contributed by atoms with E-state index in [0.29, 0.717) is 12.6 Å². The summed E-state index contributed by atoms with van der Waals surface area (Å²) in [5, 5.41) is 3.43. The lowest BCUT2D eigenvalue weighted by Gasteiger charge is -2.15. The molecule has 0 radical (unpaired) electrons. The van der Waals surface area contributed by atoms with Gasteiger partial charge >= 0.3 is 0 Å². The van der Waals surface area contributed by atoms with Gasteiger partial charge in [0.15, 0.2) is 0 Å². The molecule has 1 N–H and O–H groups in total. The smallest absolute Gasteiger partial charge is 0.137 e. The van der Waals surface area contributed by atoms with Crippen LogP contribution in [0.3, 0.4) is 0 Å². The van der Waals surface area contributed by atoms with Gasteiger partial charge in [0.05, 0.1) is 11.1 Å². The highest BCUT2D eigenvalue weighted by atomic mass is 79.9. The molecule has 1 aromatic carbocycles. The molecule has 2 aromatic rings. The number of para-hydroxylation sites is 1. The van der Waals surface area contributed by atoms with E-state index in [0.717, 1.165) is 34.6 Å². The molecule has 0 atom stereocenters. The summed E-state index contributed by atoms with van der Waals surface area (Å²) in [7, 11) is 2.00. The number of nitrogens with zero attached hydrogens (tertiary/aromatic N) is 2. The number of aryl methyl sites for hydroxylation is 1. The normalized spacial score (nSPS) is 11.1. The predicted molar refractivity (Wildman–Crippen MR) is 88.5 cm³/mol. The van der Waals surface area contributed by atoms with Gasteiger partial charge in [-0.15, -0.1) is 0 Å². The Hall–Kier alpha value is -1.33. The zero-order valence-electron chi connectivity index (χ0n) is 12.8. The lowest BCUT2D eigenvalue weighted by molar-refractivity contribution is 0.311. The van der Waals surface area contributed by atoms with Gasteiger partial charge in [-0.25, -0.2) is 4.98 Å². The zero-order chi connectivity index (χ0) is 15.2. The third kappa shape index (κ3) is 4.58. The quantitative estimate of drug-likeness (QED) is 0.831. The highest BCUT2D eigenvalue weighted by molar-refractivity contribution is 9.10. The fourth-order valence-electron chi connectivity index (χ4n) is 2.05. The van der Waals surface area contributed by atoms with Gasteiger partial charge in [0, 0.05) is 44.0 Å². The molecular formula is C16H22BrN3O. The SMILES string of the molecule is CC(C)NCc1cccc(Br)c1OCCc1nccn1C. The zero-order valence-corrected chi connectivity index (χ0v) is 14.4. The third-order valence-electron chi connectivity index (χ3n) is 3.24. The second kappa shape index (κ2) is 7.61. The van der Waals surface area contributed by atoms with E-state index in [1.807, 2.05) is 36.1 Å². The Morgan fingerprint density at radius 1 is 1.38 bits per heavy atom. The number of ether oxygens (including phenoxy) is 1. The fraction of sp³-hybridized carbons (Fsp3) is 0.438. The van der Waals surface area contributed by atoms with Crippen LogP contribution < -0.4 is 10.1 Å². The van der Waals surface area contributed by atoms with Crippen molar-refractivity contribution in [1.29, 1.82) is 0 Å². The van der Waals surface area contributed by atoms with Crippen LogP contribution in [0.25, 0.3) is 0 Å². The topological polar surface area (TPSA) is 39.1 Å². The summed E-state index contributed by atoms with van der Waals surface area (Å²) in [4.78, 5) is 4.31. The summed E-state index contributed by atoms with van der Waals surface area (Å²) < 4.78 is 9.00. The monoisotopic (exact) mass is 351 g/mol. The number of hydrogen-bond acceptors (Lipinski definition) is 3. The minimum absolute atomic E-state index is 0.449. The first-order valence-corrected chi connectivity index (χ1v) is 7.97. The molecule has 0 bridgehead atoms. The highest BCUT2D eigenvalue weighted by Gasteiger charge is 2.09. The molecule has 21 heavy (non-hydrogen) atoms. The number of aromatic nitrogens is 2. The third-order valence-corrected chi connectivity index (χ3v) is 3.87. The summed E-state index contributed by atoms with van der Waals surface area (Å²) in [5.74, 6) is 1.95. The molecular weight excluding hydrogens is 330 g/mol. The first-order valence-electron chi connectivity index (χ1n) is 7.17. The molecule has 114 valence electrons. The maximum Gasteiger partial charge on any atom is 0.137 e. The standard InChI is InChI=1S/C16H22BrN3O/c1-12(2)19-11-13-5-4-6-14(17)16(13)21-10-7-15-18-8-9-20(15)3/h4-6,8-9,12,19H,7,10-11H2,1-3H3. The number of hydrogen-bond donors (Lipinski definition) is 1. The van der Waals surface area contributed by atoms with Crippen molar-refractivity contribution in [1.82, 2.24) is 14.9 Å². The first kappa shape index (κ1) is 16.0. The molecule has 0 unspecified atom stereocenters. The van der Waals surface area contributed by atoms with E-state index >= 15 is 0 Å². The van der Waals surface area contributed by atoms with Crippen molar-refractivity contribution < 1.29 is 4.74 Å². The van der Waals surface area contributed by atoms with Gasteiger partial charge in [0.2, 0.25) is 0 Å². The summed E-state index contributed by atoms with van der Waals surface area (Å²) in [6, 6.07) is 6.59. The average molecular weight is 352 g/mol. The Morgan fingerprint density at radius 3 is 2.86 bits per heavy atom. The van der Waals surface area contributed by atoms with Crippen LogP contribution >= 0.6 is 15.9 Å². The van der Waals surface area contributed by atoms with Gasteiger partial charge < -0.3 is 14.6 Å². The molecule has 0 saturated heterocycles. The number of imidazole rings is 1. The van der Waals surface area contributed by atoms with Crippen LogP contribution in [0, 0.1) is 0 Å². The Balaban J connectivity index is 1.99. The van der Waals surface area contributed by atoms with Crippen molar-refractivity contribution in [3.05, 3.63) is 46.5 Å². The second-order valence-electron chi connectivity index (χ2n) is 5.32. The van der Waals surface area contributed by atoms with Crippen LogP contribution in [0.4, 0.5) is 0 Å². The van der Waals surface area contributed by atoms with Crippen molar-refractivity contribution in [2.24, 2.45) is 7.05 Å². The Bertz CT molecular complexity index is 581. The molecule has 0 aliphatic carbocycles. The van der Waals surface area contributed by atoms with E-state index in [4.69, 9.17) is 4.74 Å². The first-order chi connectivity index (χ1) is 10.1. The molecule has 0 aliphatic heterocycles. The number of nitrogens with one attached hydrogen (secondary N) is 1. The fourth-order valence-corrected chi connectivity index (χ4v) is 2.57. The molecule has 4 nitrogen and oxygen atoms in total. The van der Waals surface area contributed by atoms with E-state index < -0.39 is 0 Å². The highest BCUT2D eigenvalue weighted by Crippen LogP contribution is 2.29. The minimum atomic E-state index is 0.449. The van der Waals surface area contributed by atoms with Gasteiger partial charge in [-0.05, 0) is 22.0 Å². The van der Waals surface area contributed by atoms with Crippen LogP contribution in [-0.4, -0.2) is 22.2 Å². The van der Waals surface area contributed by atoms with Crippen LogP contribution in [-0.2, 0) is 20.0 Å². The summed E-state index contributed by atoms with van der Waals surface area (Å²) in [5.41, 5.74) is 1.16. The molecule has 0 amide bonds. The maximum atomic E-state index is 5.99. The molecule has 5 heteroatoms. The van der Waals surface area contributed by atoms with Gasteiger partial charge in [0.1, 0.15) is 11.6 Å². The van der Waals surface area contributed by atoms with Crippen LogP contribution in [0.15, 0.2) is 35.1 Å². The van der Waals surface area contributed by atoms with E-state index in [-0.39, 0.29) is 0 Å². The van der Waals surface area contributed by atoms with Crippen molar-refractivity contribution >= 4 is 15.9 Å². The average Bonchev–Trinajstić information content (AvgIpc) is 2.84. The largest absolute Gasteiger partial charge is 0.492 e. The molecule has 0 fully saturated rings. The lowest BCUT2D eigenvalue weighted by Crippen LogP contribution is -2.22. The number of rotatable bonds is 7. The minimum Gasteiger partial charge on any atom is -0.492 e. The van der Waals surface area contributed by atoms with Crippen LogP contribution in [0.1, 0.15) is 25.2 Å². The lowest BCUT2D eigenvalue weighted by atomic mass is 10.2. The number of halogens is 1. The van der Waals surface area contributed by atoms with E-state index in [1.165, 1.54) is 0 Å². The van der Waals surface area contributed by atoms with Gasteiger partial charge in [-0.2, -0.15) is 0 Å². The van der Waals surface area contributed by atoms with Crippen molar-refractivity contribution in [3.8, 4) is 5.75 Å². The second-order valence-corrected chi connectivity index (χ2v) is 6.17. The molecule has 0 saturated carbocycles. The van der Waals surface area contributed by atoms with Gasteiger partial charge in [0.25, 0.3) is 0 Å². The van der Waals surface area contributed by atoms with Crippen LogP contribution in [0.5, 0.6) is 5.75 Å². The van der Waals surface area contributed by atoms with E-state index in [1.54, 1.807) is 0 Å². The van der Waals surface area contributed by atoms with Crippen molar-refractivity contribution in [2.45, 2.75) is 32.9 Å².